The van der Waals surface area contributed by atoms with Crippen molar-refractivity contribution in [3.05, 3.63) is 29.3 Å². The minimum atomic E-state index is 0.343. The van der Waals surface area contributed by atoms with Crippen molar-refractivity contribution in [1.29, 1.82) is 0 Å². The molecule has 0 aliphatic carbocycles. The SMILES string of the molecule is CCN1CC2CN(C)CC(C1)C2Oc1ccc(Cl)cc1. The van der Waals surface area contributed by atoms with E-state index < -0.39 is 0 Å². The molecule has 3 nitrogen and oxygen atoms in total. The maximum Gasteiger partial charge on any atom is 0.119 e. The van der Waals surface area contributed by atoms with Crippen LogP contribution in [-0.2, 0) is 0 Å². The molecule has 0 spiro atoms. The van der Waals surface area contributed by atoms with Crippen LogP contribution < -0.4 is 4.74 Å². The van der Waals surface area contributed by atoms with E-state index in [1.54, 1.807) is 0 Å². The molecule has 1 aromatic rings. The van der Waals surface area contributed by atoms with Crippen LogP contribution in [-0.4, -0.2) is 55.7 Å². The van der Waals surface area contributed by atoms with Crippen LogP contribution in [0.5, 0.6) is 5.75 Å². The van der Waals surface area contributed by atoms with Gasteiger partial charge in [-0.05, 0) is 37.9 Å². The zero-order valence-corrected chi connectivity index (χ0v) is 13.0. The van der Waals surface area contributed by atoms with E-state index in [1.807, 2.05) is 24.3 Å². The summed E-state index contributed by atoms with van der Waals surface area (Å²) in [6.07, 6.45) is 0.343. The summed E-state index contributed by atoms with van der Waals surface area (Å²) in [6, 6.07) is 7.77. The van der Waals surface area contributed by atoms with Crippen LogP contribution in [0.4, 0.5) is 0 Å². The number of piperidine rings is 2. The van der Waals surface area contributed by atoms with Gasteiger partial charge in [0.2, 0.25) is 0 Å². The summed E-state index contributed by atoms with van der Waals surface area (Å²) in [4.78, 5) is 5.01. The minimum Gasteiger partial charge on any atom is -0.490 e. The van der Waals surface area contributed by atoms with E-state index in [1.165, 1.54) is 0 Å². The van der Waals surface area contributed by atoms with E-state index in [0.717, 1.165) is 43.5 Å². The maximum absolute atomic E-state index is 6.31. The van der Waals surface area contributed by atoms with Gasteiger partial charge in [0.1, 0.15) is 11.9 Å². The molecule has 2 heterocycles. The molecule has 0 aromatic heterocycles. The number of hydrogen-bond donors (Lipinski definition) is 0. The Bertz CT molecular complexity index is 434. The second-order valence-electron chi connectivity index (χ2n) is 6.13. The highest BCUT2D eigenvalue weighted by molar-refractivity contribution is 6.30. The molecule has 2 atom stereocenters. The average molecular weight is 295 g/mol. The summed E-state index contributed by atoms with van der Waals surface area (Å²) in [5, 5.41) is 0.762. The van der Waals surface area contributed by atoms with Crippen LogP contribution in [0.3, 0.4) is 0 Å². The van der Waals surface area contributed by atoms with Gasteiger partial charge < -0.3 is 14.5 Å². The summed E-state index contributed by atoms with van der Waals surface area (Å²) in [5.41, 5.74) is 0. The zero-order chi connectivity index (χ0) is 14.1. The number of rotatable bonds is 3. The van der Waals surface area contributed by atoms with E-state index in [9.17, 15) is 0 Å². The van der Waals surface area contributed by atoms with Gasteiger partial charge >= 0.3 is 0 Å². The molecule has 2 aliphatic rings. The molecule has 0 saturated carbocycles. The Labute approximate surface area is 126 Å². The quantitative estimate of drug-likeness (QED) is 0.852. The van der Waals surface area contributed by atoms with Gasteiger partial charge in [0.25, 0.3) is 0 Å². The fourth-order valence-electron chi connectivity index (χ4n) is 3.65. The van der Waals surface area contributed by atoms with Crippen molar-refractivity contribution in [1.82, 2.24) is 9.80 Å². The van der Waals surface area contributed by atoms with E-state index in [0.29, 0.717) is 17.9 Å². The maximum atomic E-state index is 6.31. The van der Waals surface area contributed by atoms with Crippen molar-refractivity contribution in [3.63, 3.8) is 0 Å². The van der Waals surface area contributed by atoms with Crippen molar-refractivity contribution < 1.29 is 4.74 Å². The molecule has 2 fully saturated rings. The monoisotopic (exact) mass is 294 g/mol. The molecule has 0 N–H and O–H groups in total. The highest BCUT2D eigenvalue weighted by atomic mass is 35.5. The summed E-state index contributed by atoms with van der Waals surface area (Å²) in [7, 11) is 2.22. The fraction of sp³-hybridized carbons (Fsp3) is 0.625. The number of likely N-dealkylation sites (tertiary alicyclic amines) is 2. The van der Waals surface area contributed by atoms with Gasteiger partial charge in [-0.15, -0.1) is 0 Å². The molecule has 4 heteroatoms. The summed E-state index contributed by atoms with van der Waals surface area (Å²) in [5.74, 6) is 2.15. The van der Waals surface area contributed by atoms with Crippen molar-refractivity contribution >= 4 is 11.6 Å². The van der Waals surface area contributed by atoms with Gasteiger partial charge in [-0.2, -0.15) is 0 Å². The van der Waals surface area contributed by atoms with Crippen molar-refractivity contribution in [2.45, 2.75) is 13.0 Å². The van der Waals surface area contributed by atoms with Crippen LogP contribution in [0.1, 0.15) is 6.92 Å². The molecule has 2 bridgehead atoms. The predicted molar refractivity (Wildman–Crippen MR) is 82.5 cm³/mol. The van der Waals surface area contributed by atoms with Crippen molar-refractivity contribution in [3.8, 4) is 5.75 Å². The molecule has 3 rings (SSSR count). The van der Waals surface area contributed by atoms with E-state index in [-0.39, 0.29) is 0 Å². The summed E-state index contributed by atoms with van der Waals surface area (Å²) < 4.78 is 6.31. The van der Waals surface area contributed by atoms with E-state index >= 15 is 0 Å². The Morgan fingerprint density at radius 2 is 1.70 bits per heavy atom. The molecule has 20 heavy (non-hydrogen) atoms. The third-order valence-electron chi connectivity index (χ3n) is 4.54. The van der Waals surface area contributed by atoms with Gasteiger partial charge in [0.05, 0.1) is 0 Å². The number of halogens is 1. The molecule has 1 aromatic carbocycles. The first-order chi connectivity index (χ1) is 9.65. The number of fused-ring (bicyclic) bond motifs is 2. The lowest BCUT2D eigenvalue weighted by Gasteiger charge is -2.49. The number of hydrogen-bond acceptors (Lipinski definition) is 3. The smallest absolute Gasteiger partial charge is 0.119 e. The van der Waals surface area contributed by atoms with Gasteiger partial charge in [-0.25, -0.2) is 0 Å². The molecular weight excluding hydrogens is 272 g/mol. The number of nitrogens with zero attached hydrogens (tertiary/aromatic N) is 2. The van der Waals surface area contributed by atoms with Crippen LogP contribution in [0.15, 0.2) is 24.3 Å². The lowest BCUT2D eigenvalue weighted by molar-refractivity contribution is -0.0572. The molecular formula is C16H23ClN2O. The first-order valence-electron chi connectivity index (χ1n) is 7.49. The Morgan fingerprint density at radius 1 is 1.10 bits per heavy atom. The van der Waals surface area contributed by atoms with Gasteiger partial charge in [-0.3, -0.25) is 0 Å². The average Bonchev–Trinajstić information content (AvgIpc) is 2.42. The second kappa shape index (κ2) is 5.92. The molecule has 2 unspecified atom stereocenters. The van der Waals surface area contributed by atoms with Gasteiger partial charge in [0.15, 0.2) is 0 Å². The third kappa shape index (κ3) is 2.95. The van der Waals surface area contributed by atoms with E-state index in [2.05, 4.69) is 23.8 Å². The van der Waals surface area contributed by atoms with Crippen molar-refractivity contribution in [2.75, 3.05) is 39.8 Å². The number of benzene rings is 1. The fourth-order valence-corrected chi connectivity index (χ4v) is 3.78. The summed E-state index contributed by atoms with van der Waals surface area (Å²) >= 11 is 5.94. The largest absolute Gasteiger partial charge is 0.490 e. The van der Waals surface area contributed by atoms with Crippen molar-refractivity contribution in [2.24, 2.45) is 11.8 Å². The lowest BCUT2D eigenvalue weighted by Crippen LogP contribution is -2.61. The second-order valence-corrected chi connectivity index (χ2v) is 6.57. The third-order valence-corrected chi connectivity index (χ3v) is 4.79. The Morgan fingerprint density at radius 3 is 2.25 bits per heavy atom. The van der Waals surface area contributed by atoms with Gasteiger partial charge in [-0.1, -0.05) is 18.5 Å². The highest BCUT2D eigenvalue weighted by Gasteiger charge is 2.42. The first kappa shape index (κ1) is 14.2. The van der Waals surface area contributed by atoms with Crippen LogP contribution in [0.25, 0.3) is 0 Å². The van der Waals surface area contributed by atoms with Gasteiger partial charge in [0, 0.05) is 43.0 Å². The lowest BCUT2D eigenvalue weighted by atomic mass is 9.81. The normalized spacial score (nSPS) is 31.2. The van der Waals surface area contributed by atoms with E-state index in [4.69, 9.17) is 16.3 Å². The van der Waals surface area contributed by atoms with Crippen LogP contribution in [0.2, 0.25) is 5.02 Å². The Balaban J connectivity index is 1.74. The van der Waals surface area contributed by atoms with Crippen LogP contribution >= 0.6 is 11.6 Å². The molecule has 2 aliphatic heterocycles. The molecule has 110 valence electrons. The highest BCUT2D eigenvalue weighted by Crippen LogP contribution is 2.32. The predicted octanol–water partition coefficient (Wildman–Crippen LogP) is 2.60. The minimum absolute atomic E-state index is 0.343. The standard InChI is InChI=1S/C16H23ClN2O/c1-3-19-10-12-8-18(2)9-13(11-19)16(12)20-15-6-4-14(17)5-7-15/h4-7,12-13,16H,3,8-11H2,1-2H3. The molecule has 0 radical (unpaired) electrons. The first-order valence-corrected chi connectivity index (χ1v) is 7.86. The zero-order valence-electron chi connectivity index (χ0n) is 12.3. The molecule has 0 amide bonds. The Hall–Kier alpha value is -0.770. The topological polar surface area (TPSA) is 15.7 Å². The summed E-state index contributed by atoms with van der Waals surface area (Å²) in [6.45, 7) is 7.95. The number of ether oxygens (including phenoxy) is 1. The van der Waals surface area contributed by atoms with Crippen LogP contribution in [0, 0.1) is 11.8 Å². The molecule has 2 saturated heterocycles. The Kier molecular flexibility index (Phi) is 4.20.